The first-order valence-corrected chi connectivity index (χ1v) is 9.99. The molecule has 25 heavy (non-hydrogen) atoms. The molecule has 0 aliphatic heterocycles. The lowest BCUT2D eigenvalue weighted by Gasteiger charge is -2.21. The molecule has 138 valence electrons. The van der Waals surface area contributed by atoms with Gasteiger partial charge in [-0.25, -0.2) is 8.42 Å². The maximum Gasteiger partial charge on any atom is 0.239 e. The topological polar surface area (TPSA) is 80.5 Å². The number of amides is 1. The molecule has 0 aromatic heterocycles. The number of nitrogens with two attached hydrogens (primary N) is 1. The summed E-state index contributed by atoms with van der Waals surface area (Å²) in [5, 5.41) is 2.36. The lowest BCUT2D eigenvalue weighted by atomic mass is 10.0. The van der Waals surface area contributed by atoms with Crippen LogP contribution in [0, 0.1) is 0 Å². The first-order valence-electron chi connectivity index (χ1n) is 7.93. The van der Waals surface area contributed by atoms with Crippen LogP contribution in [0.5, 0.6) is 0 Å². The summed E-state index contributed by atoms with van der Waals surface area (Å²) in [5.74, 6) is -0.296. The summed E-state index contributed by atoms with van der Waals surface area (Å²) in [4.78, 5) is 13.8. The van der Waals surface area contributed by atoms with Crippen LogP contribution in [-0.4, -0.2) is 50.9 Å². The number of likely N-dealkylation sites (N-methyl/N-ethyl adjacent to an activating group) is 1. The summed E-state index contributed by atoms with van der Waals surface area (Å²) in [6.07, 6.45) is 2.02. The van der Waals surface area contributed by atoms with Gasteiger partial charge in [-0.3, -0.25) is 4.79 Å². The van der Waals surface area contributed by atoms with Gasteiger partial charge in [0, 0.05) is 19.8 Å². The molecule has 0 aliphatic rings. The maximum absolute atomic E-state index is 12.3. The van der Waals surface area contributed by atoms with Gasteiger partial charge < -0.3 is 10.6 Å². The highest BCUT2D eigenvalue weighted by Crippen LogP contribution is 2.19. The summed E-state index contributed by atoms with van der Waals surface area (Å²) in [7, 11) is -1.41. The minimum absolute atomic E-state index is 0. The van der Waals surface area contributed by atoms with E-state index in [0.29, 0.717) is 6.54 Å². The van der Waals surface area contributed by atoms with Crippen LogP contribution in [0.4, 0.5) is 0 Å². The largest absolute Gasteiger partial charge is 0.344 e. The number of carbonyl (C=O) groups excluding carboxylic acids is 1. The van der Waals surface area contributed by atoms with Crippen LogP contribution in [-0.2, 0) is 21.1 Å². The Bertz CT molecular complexity index is 819. The van der Waals surface area contributed by atoms with E-state index < -0.39 is 15.9 Å². The van der Waals surface area contributed by atoms with Crippen molar-refractivity contribution >= 4 is 38.9 Å². The Kier molecular flexibility index (Phi) is 7.86. The van der Waals surface area contributed by atoms with Crippen LogP contribution in [0.3, 0.4) is 0 Å². The molecular formula is C18H25ClN2O3S. The molecule has 2 aromatic rings. The summed E-state index contributed by atoms with van der Waals surface area (Å²) in [6, 6.07) is 13.5. The molecule has 2 aromatic carbocycles. The lowest BCUT2D eigenvalue weighted by Crippen LogP contribution is -2.43. The highest BCUT2D eigenvalue weighted by Gasteiger charge is 2.19. The number of hydrogen-bond acceptors (Lipinski definition) is 4. The molecule has 7 heteroatoms. The normalized spacial score (nSPS) is 12.4. The van der Waals surface area contributed by atoms with Gasteiger partial charge in [0.15, 0.2) is 0 Å². The quantitative estimate of drug-likeness (QED) is 0.791. The fraction of sp³-hybridized carbons (Fsp3) is 0.389. The Balaban J connectivity index is 0.00000312. The fourth-order valence-corrected chi connectivity index (χ4v) is 3.34. The highest BCUT2D eigenvalue weighted by molar-refractivity contribution is 7.90. The fourth-order valence-electron chi connectivity index (χ4n) is 2.66. The molecular weight excluding hydrogens is 360 g/mol. The zero-order chi connectivity index (χ0) is 17.7. The Hall–Kier alpha value is -1.63. The maximum atomic E-state index is 12.3. The molecule has 1 unspecified atom stereocenters. The molecule has 1 atom stereocenters. The Morgan fingerprint density at radius 1 is 1.16 bits per heavy atom. The monoisotopic (exact) mass is 384 g/mol. The van der Waals surface area contributed by atoms with Crippen molar-refractivity contribution < 1.29 is 13.2 Å². The molecule has 0 aliphatic carbocycles. The molecule has 0 fully saturated rings. The van der Waals surface area contributed by atoms with Crippen LogP contribution < -0.4 is 5.73 Å². The average molecular weight is 385 g/mol. The van der Waals surface area contributed by atoms with Gasteiger partial charge >= 0.3 is 0 Å². The van der Waals surface area contributed by atoms with Gasteiger partial charge in [-0.2, -0.15) is 0 Å². The number of halogens is 1. The lowest BCUT2D eigenvalue weighted by molar-refractivity contribution is -0.131. The molecule has 2 N–H and O–H groups in total. The number of carbonyl (C=O) groups is 1. The van der Waals surface area contributed by atoms with E-state index >= 15 is 0 Å². The van der Waals surface area contributed by atoms with Gasteiger partial charge in [0.1, 0.15) is 9.84 Å². The van der Waals surface area contributed by atoms with Crippen molar-refractivity contribution in [1.82, 2.24) is 4.90 Å². The van der Waals surface area contributed by atoms with Crippen molar-refractivity contribution in [3.05, 3.63) is 48.0 Å². The standard InChI is InChI=1S/C18H24N2O3S.ClH/c1-20(18(21)17(19)11-13-24(2,22)23)12-10-15-8-5-7-14-6-3-4-9-16(14)15;/h3-9,17H,10-13,19H2,1-2H3;1H. The van der Waals surface area contributed by atoms with Crippen molar-refractivity contribution in [2.45, 2.75) is 18.9 Å². The highest BCUT2D eigenvalue weighted by atomic mass is 35.5. The zero-order valence-corrected chi connectivity index (χ0v) is 16.1. The Morgan fingerprint density at radius 2 is 1.80 bits per heavy atom. The zero-order valence-electron chi connectivity index (χ0n) is 14.5. The Labute approximate surface area is 155 Å². The summed E-state index contributed by atoms with van der Waals surface area (Å²) in [5.41, 5.74) is 7.01. The van der Waals surface area contributed by atoms with E-state index in [2.05, 4.69) is 24.3 Å². The van der Waals surface area contributed by atoms with E-state index in [4.69, 9.17) is 5.73 Å². The minimum atomic E-state index is -3.11. The van der Waals surface area contributed by atoms with Gasteiger partial charge in [0.2, 0.25) is 5.91 Å². The average Bonchev–Trinajstić information content (AvgIpc) is 2.56. The number of benzene rings is 2. The molecule has 0 saturated carbocycles. The SMILES string of the molecule is CN(CCc1cccc2ccccc12)C(=O)C(N)CCS(C)(=O)=O.Cl. The van der Waals surface area contributed by atoms with Gasteiger partial charge in [0.05, 0.1) is 11.8 Å². The second-order valence-corrected chi connectivity index (χ2v) is 8.43. The summed E-state index contributed by atoms with van der Waals surface area (Å²) >= 11 is 0. The molecule has 0 spiro atoms. The molecule has 0 bridgehead atoms. The predicted molar refractivity (Wildman–Crippen MR) is 105 cm³/mol. The molecule has 0 radical (unpaired) electrons. The van der Waals surface area contributed by atoms with Crippen molar-refractivity contribution in [3.63, 3.8) is 0 Å². The number of fused-ring (bicyclic) bond motifs is 1. The molecule has 5 nitrogen and oxygen atoms in total. The van der Waals surface area contributed by atoms with Crippen LogP contribution in [0.1, 0.15) is 12.0 Å². The van der Waals surface area contributed by atoms with Crippen LogP contribution in [0.2, 0.25) is 0 Å². The molecule has 0 heterocycles. The molecule has 2 rings (SSSR count). The van der Waals surface area contributed by atoms with Crippen molar-refractivity contribution in [2.75, 3.05) is 25.6 Å². The number of rotatable bonds is 7. The molecule has 1 amide bonds. The van der Waals surface area contributed by atoms with Crippen molar-refractivity contribution in [1.29, 1.82) is 0 Å². The van der Waals surface area contributed by atoms with Crippen molar-refractivity contribution in [3.8, 4) is 0 Å². The van der Waals surface area contributed by atoms with Gasteiger partial charge in [-0.15, -0.1) is 12.4 Å². The first-order chi connectivity index (χ1) is 11.3. The number of nitrogens with zero attached hydrogens (tertiary/aromatic N) is 1. The third-order valence-electron chi connectivity index (χ3n) is 4.09. The van der Waals surface area contributed by atoms with Crippen molar-refractivity contribution in [2.24, 2.45) is 5.73 Å². The van der Waals surface area contributed by atoms with Crippen LogP contribution >= 0.6 is 12.4 Å². The smallest absolute Gasteiger partial charge is 0.239 e. The molecule has 0 saturated heterocycles. The second-order valence-electron chi connectivity index (χ2n) is 6.17. The minimum Gasteiger partial charge on any atom is -0.344 e. The van der Waals surface area contributed by atoms with Gasteiger partial charge in [-0.1, -0.05) is 42.5 Å². The summed E-state index contributed by atoms with van der Waals surface area (Å²) < 4.78 is 22.4. The third-order valence-corrected chi connectivity index (χ3v) is 5.07. The predicted octanol–water partition coefficient (Wildman–Crippen LogP) is 2.02. The third kappa shape index (κ3) is 6.30. The van der Waals surface area contributed by atoms with Gasteiger partial charge in [-0.05, 0) is 29.2 Å². The second kappa shape index (κ2) is 9.17. The summed E-state index contributed by atoms with van der Waals surface area (Å²) in [6.45, 7) is 0.541. The van der Waals surface area contributed by atoms with E-state index in [9.17, 15) is 13.2 Å². The van der Waals surface area contributed by atoms with E-state index in [0.717, 1.165) is 12.7 Å². The number of hydrogen-bond donors (Lipinski definition) is 1. The van der Waals surface area contributed by atoms with E-state index in [1.165, 1.54) is 16.3 Å². The Morgan fingerprint density at radius 3 is 2.48 bits per heavy atom. The van der Waals surface area contributed by atoms with Crippen LogP contribution in [0.25, 0.3) is 10.8 Å². The van der Waals surface area contributed by atoms with E-state index in [1.807, 2.05) is 18.2 Å². The number of sulfone groups is 1. The van der Waals surface area contributed by atoms with Gasteiger partial charge in [0.25, 0.3) is 0 Å². The van der Waals surface area contributed by atoms with E-state index in [1.54, 1.807) is 11.9 Å². The van der Waals surface area contributed by atoms with Crippen LogP contribution in [0.15, 0.2) is 42.5 Å². The first kappa shape index (κ1) is 21.4. The van der Waals surface area contributed by atoms with E-state index in [-0.39, 0.29) is 30.5 Å².